The lowest BCUT2D eigenvalue weighted by atomic mass is 10.1. The zero-order chi connectivity index (χ0) is 20.5. The summed E-state index contributed by atoms with van der Waals surface area (Å²) in [6.07, 6.45) is 3.21. The first-order chi connectivity index (χ1) is 14.1. The molecule has 1 atom stereocenters. The van der Waals surface area contributed by atoms with Crippen LogP contribution in [0.3, 0.4) is 0 Å². The summed E-state index contributed by atoms with van der Waals surface area (Å²) in [5, 5.41) is 17.4. The molecule has 1 N–H and O–H groups in total. The number of pyridine rings is 1. The van der Waals surface area contributed by atoms with Crippen LogP contribution < -0.4 is 15.1 Å². The molecule has 0 saturated carbocycles. The molecule has 0 bridgehead atoms. The topological polar surface area (TPSA) is 118 Å². The minimum Gasteiger partial charge on any atom is -0.481 e. The lowest BCUT2D eigenvalue weighted by molar-refractivity contribution is 0.0964. The third-order valence-electron chi connectivity index (χ3n) is 4.56. The lowest BCUT2D eigenvalue weighted by Gasteiger charge is -2.24. The monoisotopic (exact) mass is 397 g/mol. The summed E-state index contributed by atoms with van der Waals surface area (Å²) in [5.41, 5.74) is 0.753. The molecule has 148 valence electrons. The van der Waals surface area contributed by atoms with Crippen molar-refractivity contribution in [2.24, 2.45) is 0 Å². The maximum atomic E-state index is 13.8. The quantitative estimate of drug-likeness (QED) is 0.702. The van der Waals surface area contributed by atoms with Crippen molar-refractivity contribution < 1.29 is 18.8 Å². The molecule has 0 spiro atoms. The molecule has 0 radical (unpaired) electrons. The summed E-state index contributed by atoms with van der Waals surface area (Å²) in [4.78, 5) is 26.4. The number of carbonyl (C=O) groups is 1. The third-order valence-corrected chi connectivity index (χ3v) is 4.56. The third kappa shape index (κ3) is 3.09. The number of hydrogen-bond donors (Lipinski definition) is 1. The maximum absolute atomic E-state index is 13.8. The molecule has 3 aromatic rings. The summed E-state index contributed by atoms with van der Waals surface area (Å²) in [7, 11) is 2.92. The summed E-state index contributed by atoms with van der Waals surface area (Å²) < 4.78 is 20.4. The average molecular weight is 397 g/mol. The number of hydroxylamine groups is 1. The van der Waals surface area contributed by atoms with Crippen molar-refractivity contribution in [3.63, 3.8) is 0 Å². The van der Waals surface area contributed by atoms with Crippen LogP contribution in [0.25, 0.3) is 5.65 Å². The highest BCUT2D eigenvalue weighted by atomic mass is 19.1. The Morgan fingerprint density at radius 2 is 2.34 bits per heavy atom. The minimum atomic E-state index is -0.493. The van der Waals surface area contributed by atoms with Gasteiger partial charge >= 0.3 is 0 Å². The van der Waals surface area contributed by atoms with Gasteiger partial charge in [-0.25, -0.2) is 23.9 Å². The van der Waals surface area contributed by atoms with E-state index in [1.165, 1.54) is 29.8 Å². The average Bonchev–Trinajstić information content (AvgIpc) is 3.37. The number of nitrogens with one attached hydrogen (secondary N) is 1. The molecule has 4 rings (SSSR count). The molecule has 1 fully saturated rings. The number of fused-ring (bicyclic) bond motifs is 1. The van der Waals surface area contributed by atoms with Gasteiger partial charge in [0.05, 0.1) is 26.0 Å². The summed E-state index contributed by atoms with van der Waals surface area (Å²) in [6, 6.07) is 4.48. The normalized spacial score (nSPS) is 16.1. The number of methoxy groups -OCH3 is 1. The Hall–Kier alpha value is -3.78. The Kier molecular flexibility index (Phi) is 4.69. The Balaban J connectivity index is 1.81. The smallest absolute Gasteiger partial charge is 0.257 e. The minimum absolute atomic E-state index is 0.0381. The Morgan fingerprint density at radius 3 is 3.07 bits per heavy atom. The molecule has 0 aromatic carbocycles. The molecule has 29 heavy (non-hydrogen) atoms. The zero-order valence-electron chi connectivity index (χ0n) is 15.6. The Labute approximate surface area is 164 Å². The zero-order valence-corrected chi connectivity index (χ0v) is 15.6. The first-order valence-electron chi connectivity index (χ1n) is 8.70. The van der Waals surface area contributed by atoms with Gasteiger partial charge in [-0.1, -0.05) is 0 Å². The Bertz CT molecular complexity index is 1140. The number of ether oxygens (including phenoxy) is 1. The van der Waals surface area contributed by atoms with E-state index in [4.69, 9.17) is 9.57 Å². The van der Waals surface area contributed by atoms with E-state index in [9.17, 15) is 14.4 Å². The van der Waals surface area contributed by atoms with Crippen LogP contribution in [0.15, 0.2) is 24.5 Å². The largest absolute Gasteiger partial charge is 0.481 e. The van der Waals surface area contributed by atoms with Crippen LogP contribution in [0, 0.1) is 17.1 Å². The number of rotatable bonds is 4. The molecule has 1 saturated heterocycles. The summed E-state index contributed by atoms with van der Waals surface area (Å²) in [5.74, 6) is -0.306. The molecule has 11 heteroatoms. The second-order valence-electron chi connectivity index (χ2n) is 6.18. The second kappa shape index (κ2) is 7.33. The van der Waals surface area contributed by atoms with E-state index in [0.29, 0.717) is 24.4 Å². The summed E-state index contributed by atoms with van der Waals surface area (Å²) in [6.45, 7) is 0.377. The SMILES string of the molecule is CNC(=O)c1c(C#N)nn2ccc(N3OCC[C@H]3c3cc(F)cnc3OC)nc12. The fraction of sp³-hybridized carbons (Fsp3) is 0.278. The fourth-order valence-corrected chi connectivity index (χ4v) is 3.28. The first kappa shape index (κ1) is 18.6. The standard InChI is InChI=1S/C18H16FN7O3/c1-21-17(27)15-12(8-20)24-25-5-3-14(23-16(15)25)26-13(4-6-29-26)11-7-10(19)9-22-18(11)28-2/h3,5,7,9,13H,4,6H2,1-2H3,(H,21,27)/t13-/m0/s1. The van der Waals surface area contributed by atoms with E-state index < -0.39 is 17.8 Å². The molecular formula is C18H16FN7O3. The molecule has 4 heterocycles. The fourth-order valence-electron chi connectivity index (χ4n) is 3.28. The lowest BCUT2D eigenvalue weighted by Crippen LogP contribution is -2.24. The van der Waals surface area contributed by atoms with Crippen LogP contribution in [0.4, 0.5) is 10.2 Å². The van der Waals surface area contributed by atoms with Gasteiger partial charge in [0, 0.05) is 31.3 Å². The second-order valence-corrected chi connectivity index (χ2v) is 6.18. The van der Waals surface area contributed by atoms with E-state index in [1.54, 1.807) is 12.3 Å². The van der Waals surface area contributed by atoms with Gasteiger partial charge in [0.15, 0.2) is 17.2 Å². The van der Waals surface area contributed by atoms with Crippen molar-refractivity contribution in [1.82, 2.24) is 24.9 Å². The number of hydrogen-bond acceptors (Lipinski definition) is 8. The van der Waals surface area contributed by atoms with Gasteiger partial charge < -0.3 is 10.1 Å². The molecule has 1 amide bonds. The summed E-state index contributed by atoms with van der Waals surface area (Å²) >= 11 is 0. The van der Waals surface area contributed by atoms with E-state index in [1.807, 2.05) is 6.07 Å². The highest BCUT2D eigenvalue weighted by Crippen LogP contribution is 2.37. The first-order valence-corrected chi connectivity index (χ1v) is 8.70. The molecule has 1 aliphatic rings. The molecule has 3 aromatic heterocycles. The molecule has 10 nitrogen and oxygen atoms in total. The van der Waals surface area contributed by atoms with Crippen LogP contribution in [0.1, 0.15) is 34.1 Å². The van der Waals surface area contributed by atoms with E-state index in [-0.39, 0.29) is 22.8 Å². The highest BCUT2D eigenvalue weighted by molar-refractivity contribution is 6.01. The number of halogens is 1. The van der Waals surface area contributed by atoms with Gasteiger partial charge in [0.2, 0.25) is 5.88 Å². The van der Waals surface area contributed by atoms with Crippen molar-refractivity contribution in [1.29, 1.82) is 5.26 Å². The number of aromatic nitrogens is 4. The Morgan fingerprint density at radius 1 is 1.52 bits per heavy atom. The van der Waals surface area contributed by atoms with Gasteiger partial charge in [-0.05, 0) is 6.07 Å². The van der Waals surface area contributed by atoms with Gasteiger partial charge in [0.1, 0.15) is 17.4 Å². The van der Waals surface area contributed by atoms with Crippen LogP contribution in [-0.4, -0.2) is 46.3 Å². The van der Waals surface area contributed by atoms with Gasteiger partial charge in [-0.3, -0.25) is 9.63 Å². The predicted octanol–water partition coefficient (Wildman–Crippen LogP) is 1.39. The predicted molar refractivity (Wildman–Crippen MR) is 97.6 cm³/mol. The highest BCUT2D eigenvalue weighted by Gasteiger charge is 2.33. The van der Waals surface area contributed by atoms with Crippen LogP contribution in [0.2, 0.25) is 0 Å². The molecule has 1 aliphatic heterocycles. The molecular weight excluding hydrogens is 381 g/mol. The molecule has 0 aliphatic carbocycles. The van der Waals surface area contributed by atoms with E-state index >= 15 is 0 Å². The number of nitrogens with zero attached hydrogens (tertiary/aromatic N) is 6. The van der Waals surface area contributed by atoms with Crippen molar-refractivity contribution >= 4 is 17.4 Å². The van der Waals surface area contributed by atoms with Gasteiger partial charge in [0.25, 0.3) is 5.91 Å². The van der Waals surface area contributed by atoms with Crippen LogP contribution in [-0.2, 0) is 4.84 Å². The number of amides is 1. The van der Waals surface area contributed by atoms with Crippen LogP contribution in [0.5, 0.6) is 5.88 Å². The molecule has 0 unspecified atom stereocenters. The van der Waals surface area contributed by atoms with Crippen molar-refractivity contribution in [3.05, 3.63) is 47.2 Å². The van der Waals surface area contributed by atoms with Gasteiger partial charge in [-0.2, -0.15) is 10.4 Å². The van der Waals surface area contributed by atoms with Crippen molar-refractivity contribution in [3.8, 4) is 11.9 Å². The van der Waals surface area contributed by atoms with Gasteiger partial charge in [-0.15, -0.1) is 0 Å². The number of nitriles is 1. The van der Waals surface area contributed by atoms with E-state index in [0.717, 1.165) is 6.20 Å². The van der Waals surface area contributed by atoms with Crippen molar-refractivity contribution in [2.75, 3.05) is 25.8 Å². The number of carbonyl (C=O) groups excluding carboxylic acids is 1. The number of anilines is 1. The maximum Gasteiger partial charge on any atom is 0.257 e. The van der Waals surface area contributed by atoms with E-state index in [2.05, 4.69) is 20.4 Å². The van der Waals surface area contributed by atoms with Crippen LogP contribution >= 0.6 is 0 Å². The van der Waals surface area contributed by atoms with Crippen molar-refractivity contribution in [2.45, 2.75) is 12.5 Å².